The molecule has 0 saturated carbocycles. The third-order valence-electron chi connectivity index (χ3n) is 3.70. The Morgan fingerprint density at radius 3 is 2.35 bits per heavy atom. The largest absolute Gasteiger partial charge is 0.396 e. The van der Waals surface area contributed by atoms with Crippen LogP contribution in [0.15, 0.2) is 12.1 Å². The maximum atomic E-state index is 13.6. The molecule has 0 atom stereocenters. The standard InChI is InChI=1S/C14H18F2N2O2/c1-17-13-11(15)6-10(7-12(13)16)14(20)18-4-2-9(8-19)3-5-18/h6-7,9,17,19H,2-5,8H2,1H3. The van der Waals surface area contributed by atoms with Crippen molar-refractivity contribution in [2.75, 3.05) is 32.1 Å². The lowest BCUT2D eigenvalue weighted by atomic mass is 9.97. The summed E-state index contributed by atoms with van der Waals surface area (Å²) in [7, 11) is 1.42. The van der Waals surface area contributed by atoms with Gasteiger partial charge >= 0.3 is 0 Å². The number of amides is 1. The van der Waals surface area contributed by atoms with Crippen LogP contribution in [0, 0.1) is 17.6 Å². The summed E-state index contributed by atoms with van der Waals surface area (Å²) in [6, 6.07) is 2.10. The Morgan fingerprint density at radius 1 is 1.35 bits per heavy atom. The van der Waals surface area contributed by atoms with Crippen LogP contribution in [0.3, 0.4) is 0 Å². The molecule has 1 aliphatic rings. The van der Waals surface area contributed by atoms with Gasteiger partial charge in [-0.05, 0) is 30.9 Å². The Morgan fingerprint density at radius 2 is 1.90 bits per heavy atom. The van der Waals surface area contributed by atoms with Crippen LogP contribution < -0.4 is 5.32 Å². The average molecular weight is 284 g/mol. The Balaban J connectivity index is 2.14. The molecule has 0 aromatic heterocycles. The van der Waals surface area contributed by atoms with Crippen LogP contribution >= 0.6 is 0 Å². The molecular formula is C14H18F2N2O2. The molecular weight excluding hydrogens is 266 g/mol. The lowest BCUT2D eigenvalue weighted by Crippen LogP contribution is -2.39. The molecule has 1 fully saturated rings. The quantitative estimate of drug-likeness (QED) is 0.890. The summed E-state index contributed by atoms with van der Waals surface area (Å²) in [6.07, 6.45) is 1.42. The summed E-state index contributed by atoms with van der Waals surface area (Å²) >= 11 is 0. The van der Waals surface area contributed by atoms with Crippen molar-refractivity contribution < 1.29 is 18.7 Å². The molecule has 110 valence electrons. The molecule has 1 aliphatic heterocycles. The minimum Gasteiger partial charge on any atom is -0.396 e. The summed E-state index contributed by atoms with van der Waals surface area (Å²) in [6.45, 7) is 1.12. The molecule has 1 aromatic carbocycles. The zero-order chi connectivity index (χ0) is 14.7. The minimum atomic E-state index is -0.777. The second-order valence-corrected chi connectivity index (χ2v) is 4.98. The predicted octanol–water partition coefficient (Wildman–Crippen LogP) is 1.85. The Hall–Kier alpha value is -1.69. The minimum absolute atomic E-state index is 0.0152. The third-order valence-corrected chi connectivity index (χ3v) is 3.70. The number of nitrogens with one attached hydrogen (secondary N) is 1. The molecule has 0 aliphatic carbocycles. The van der Waals surface area contributed by atoms with Crippen molar-refractivity contribution in [3.63, 3.8) is 0 Å². The highest BCUT2D eigenvalue weighted by Gasteiger charge is 2.24. The Kier molecular flexibility index (Phi) is 4.54. The number of aliphatic hydroxyl groups is 1. The highest BCUT2D eigenvalue weighted by atomic mass is 19.1. The number of rotatable bonds is 3. The van der Waals surface area contributed by atoms with E-state index < -0.39 is 11.6 Å². The third kappa shape index (κ3) is 2.90. The highest BCUT2D eigenvalue weighted by molar-refractivity contribution is 5.94. The summed E-state index contributed by atoms with van der Waals surface area (Å²) in [4.78, 5) is 13.8. The van der Waals surface area contributed by atoms with Gasteiger partial charge in [0.1, 0.15) is 17.3 Å². The number of hydrogen-bond acceptors (Lipinski definition) is 3. The molecule has 6 heteroatoms. The van der Waals surface area contributed by atoms with E-state index in [1.807, 2.05) is 0 Å². The first kappa shape index (κ1) is 14.7. The first-order valence-corrected chi connectivity index (χ1v) is 6.63. The van der Waals surface area contributed by atoms with Crippen LogP contribution in [0.4, 0.5) is 14.5 Å². The van der Waals surface area contributed by atoms with E-state index in [9.17, 15) is 13.6 Å². The monoisotopic (exact) mass is 284 g/mol. The van der Waals surface area contributed by atoms with E-state index in [0.717, 1.165) is 12.1 Å². The van der Waals surface area contributed by atoms with Gasteiger partial charge in [0, 0.05) is 32.3 Å². The zero-order valence-electron chi connectivity index (χ0n) is 11.3. The van der Waals surface area contributed by atoms with Gasteiger partial charge in [-0.3, -0.25) is 4.79 Å². The molecule has 4 nitrogen and oxygen atoms in total. The zero-order valence-corrected chi connectivity index (χ0v) is 11.3. The molecule has 1 saturated heterocycles. The van der Waals surface area contributed by atoms with E-state index in [2.05, 4.69) is 5.32 Å². The van der Waals surface area contributed by atoms with E-state index in [1.165, 1.54) is 7.05 Å². The van der Waals surface area contributed by atoms with Crippen molar-refractivity contribution in [2.24, 2.45) is 5.92 Å². The lowest BCUT2D eigenvalue weighted by Gasteiger charge is -2.31. The molecule has 20 heavy (non-hydrogen) atoms. The SMILES string of the molecule is CNc1c(F)cc(C(=O)N2CCC(CO)CC2)cc1F. The van der Waals surface area contributed by atoms with E-state index in [4.69, 9.17) is 5.11 Å². The molecule has 0 spiro atoms. The van der Waals surface area contributed by atoms with E-state index in [-0.39, 0.29) is 29.7 Å². The molecule has 1 amide bonds. The fourth-order valence-corrected chi connectivity index (χ4v) is 2.44. The molecule has 1 aromatic rings. The van der Waals surface area contributed by atoms with Gasteiger partial charge in [0.2, 0.25) is 0 Å². The van der Waals surface area contributed by atoms with Gasteiger partial charge in [0.25, 0.3) is 5.91 Å². The van der Waals surface area contributed by atoms with Crippen LogP contribution in [0.5, 0.6) is 0 Å². The smallest absolute Gasteiger partial charge is 0.254 e. The summed E-state index contributed by atoms with van der Waals surface area (Å²) in [5, 5.41) is 11.5. The van der Waals surface area contributed by atoms with Gasteiger partial charge in [0.15, 0.2) is 0 Å². The van der Waals surface area contributed by atoms with Gasteiger partial charge in [-0.25, -0.2) is 8.78 Å². The van der Waals surface area contributed by atoms with E-state index in [0.29, 0.717) is 25.9 Å². The first-order valence-electron chi connectivity index (χ1n) is 6.63. The molecule has 0 bridgehead atoms. The van der Waals surface area contributed by atoms with Crippen LogP contribution in [0.2, 0.25) is 0 Å². The normalized spacial score (nSPS) is 16.3. The van der Waals surface area contributed by atoms with Crippen molar-refractivity contribution in [3.8, 4) is 0 Å². The van der Waals surface area contributed by atoms with Gasteiger partial charge in [-0.1, -0.05) is 0 Å². The summed E-state index contributed by atoms with van der Waals surface area (Å²) in [5.41, 5.74) is -0.220. The first-order chi connectivity index (χ1) is 9.56. The van der Waals surface area contributed by atoms with Crippen LogP contribution in [0.1, 0.15) is 23.2 Å². The van der Waals surface area contributed by atoms with Crippen LogP contribution in [-0.4, -0.2) is 42.7 Å². The highest BCUT2D eigenvalue weighted by Crippen LogP contribution is 2.23. The average Bonchev–Trinajstić information content (AvgIpc) is 2.46. The second-order valence-electron chi connectivity index (χ2n) is 4.98. The fourth-order valence-electron chi connectivity index (χ4n) is 2.44. The maximum Gasteiger partial charge on any atom is 0.254 e. The van der Waals surface area contributed by atoms with Crippen molar-refractivity contribution >= 4 is 11.6 Å². The fraction of sp³-hybridized carbons (Fsp3) is 0.500. The summed E-state index contributed by atoms with van der Waals surface area (Å²) in [5.74, 6) is -1.72. The number of halogens is 2. The number of nitrogens with zero attached hydrogens (tertiary/aromatic N) is 1. The number of hydrogen-bond donors (Lipinski definition) is 2. The maximum absolute atomic E-state index is 13.6. The number of carbonyl (C=O) groups excluding carboxylic acids is 1. The van der Waals surface area contributed by atoms with Gasteiger partial charge < -0.3 is 15.3 Å². The number of piperidine rings is 1. The second kappa shape index (κ2) is 6.17. The molecule has 2 N–H and O–H groups in total. The van der Waals surface area contributed by atoms with Gasteiger partial charge in [0.05, 0.1) is 0 Å². The van der Waals surface area contributed by atoms with Gasteiger partial charge in [-0.15, -0.1) is 0 Å². The Bertz CT molecular complexity index is 477. The number of likely N-dealkylation sites (tertiary alicyclic amines) is 1. The van der Waals surface area contributed by atoms with Gasteiger partial charge in [-0.2, -0.15) is 0 Å². The number of anilines is 1. The van der Waals surface area contributed by atoms with Crippen molar-refractivity contribution in [2.45, 2.75) is 12.8 Å². The van der Waals surface area contributed by atoms with Crippen molar-refractivity contribution in [3.05, 3.63) is 29.3 Å². The van der Waals surface area contributed by atoms with Crippen molar-refractivity contribution in [1.82, 2.24) is 4.90 Å². The van der Waals surface area contributed by atoms with E-state index in [1.54, 1.807) is 4.90 Å². The molecule has 2 rings (SSSR count). The predicted molar refractivity (Wildman–Crippen MR) is 71.6 cm³/mol. The van der Waals surface area contributed by atoms with E-state index >= 15 is 0 Å². The molecule has 1 heterocycles. The van der Waals surface area contributed by atoms with Crippen LogP contribution in [-0.2, 0) is 0 Å². The Labute approximate surface area is 116 Å². The summed E-state index contributed by atoms with van der Waals surface area (Å²) < 4.78 is 27.3. The molecule has 0 radical (unpaired) electrons. The number of carbonyl (C=O) groups is 1. The number of aliphatic hydroxyl groups excluding tert-OH is 1. The molecule has 0 unspecified atom stereocenters. The van der Waals surface area contributed by atoms with Crippen LogP contribution in [0.25, 0.3) is 0 Å². The number of benzene rings is 1. The topological polar surface area (TPSA) is 52.6 Å². The van der Waals surface area contributed by atoms with Crippen molar-refractivity contribution in [1.29, 1.82) is 0 Å². The lowest BCUT2D eigenvalue weighted by molar-refractivity contribution is 0.0650.